The van der Waals surface area contributed by atoms with Gasteiger partial charge >= 0.3 is 0 Å². The topological polar surface area (TPSA) is 92.8 Å². The monoisotopic (exact) mass is 194 g/mol. The van der Waals surface area contributed by atoms with Crippen LogP contribution in [0, 0.1) is 10.1 Å². The van der Waals surface area contributed by atoms with Crippen molar-refractivity contribution >= 4 is 17.7 Å². The van der Waals surface area contributed by atoms with Crippen LogP contribution in [0.4, 0.5) is 5.69 Å². The quantitative estimate of drug-likeness (QED) is 0.257. The third-order valence-electron chi connectivity index (χ3n) is 1.52. The Labute approximate surface area is 78.6 Å². The van der Waals surface area contributed by atoms with Crippen LogP contribution < -0.4 is 0 Å². The SMILES string of the molecule is O=C(C=NO)c1cccc([N+](=O)[O-])c1. The number of non-ortho nitro benzene ring substituents is 1. The maximum absolute atomic E-state index is 11.1. The molecule has 0 unspecified atom stereocenters. The fourth-order valence-corrected chi connectivity index (χ4v) is 0.900. The molecule has 1 aromatic rings. The molecule has 6 nitrogen and oxygen atoms in total. The molecule has 0 atom stereocenters. The molecule has 0 aliphatic rings. The second-order valence-electron chi connectivity index (χ2n) is 2.42. The van der Waals surface area contributed by atoms with Crippen molar-refractivity contribution in [2.24, 2.45) is 5.16 Å². The summed E-state index contributed by atoms with van der Waals surface area (Å²) in [6, 6.07) is 5.17. The number of oxime groups is 1. The Morgan fingerprint density at radius 1 is 1.57 bits per heavy atom. The minimum atomic E-state index is -0.604. The standard InChI is InChI=1S/C8H6N2O4/c11-8(5-9-12)6-2-1-3-7(4-6)10(13)14/h1-5,12H. The number of Topliss-reactive ketones (excluding diaryl/α,β-unsaturated/α-hetero) is 1. The van der Waals surface area contributed by atoms with Crippen LogP contribution >= 0.6 is 0 Å². The van der Waals surface area contributed by atoms with Crippen molar-refractivity contribution in [3.63, 3.8) is 0 Å². The molecule has 0 heterocycles. The number of carbonyl (C=O) groups excluding carboxylic acids is 1. The summed E-state index contributed by atoms with van der Waals surface area (Å²) in [6.07, 6.45) is 0.680. The zero-order chi connectivity index (χ0) is 10.6. The van der Waals surface area contributed by atoms with Gasteiger partial charge in [-0.3, -0.25) is 14.9 Å². The summed E-state index contributed by atoms with van der Waals surface area (Å²) in [5.41, 5.74) is -0.0702. The van der Waals surface area contributed by atoms with Crippen molar-refractivity contribution in [2.45, 2.75) is 0 Å². The lowest BCUT2D eigenvalue weighted by atomic mass is 10.1. The molecule has 72 valence electrons. The Balaban J connectivity index is 3.05. The van der Waals surface area contributed by atoms with Crippen LogP contribution in [-0.2, 0) is 0 Å². The van der Waals surface area contributed by atoms with Gasteiger partial charge in [-0.2, -0.15) is 0 Å². The molecule has 1 aromatic carbocycles. The van der Waals surface area contributed by atoms with Crippen molar-refractivity contribution < 1.29 is 14.9 Å². The fraction of sp³-hybridized carbons (Fsp3) is 0. The van der Waals surface area contributed by atoms with Gasteiger partial charge in [-0.25, -0.2) is 0 Å². The first-order valence-corrected chi connectivity index (χ1v) is 3.61. The van der Waals surface area contributed by atoms with Crippen LogP contribution in [0.3, 0.4) is 0 Å². The van der Waals surface area contributed by atoms with Crippen LogP contribution in [-0.4, -0.2) is 22.1 Å². The molecular formula is C8H6N2O4. The Morgan fingerprint density at radius 2 is 2.29 bits per heavy atom. The number of nitrogens with zero attached hydrogens (tertiary/aromatic N) is 2. The van der Waals surface area contributed by atoms with Gasteiger partial charge in [-0.05, 0) is 0 Å². The van der Waals surface area contributed by atoms with Crippen molar-refractivity contribution in [3.05, 3.63) is 39.9 Å². The average molecular weight is 194 g/mol. The molecule has 0 aliphatic carbocycles. The first-order chi connectivity index (χ1) is 6.65. The first-order valence-electron chi connectivity index (χ1n) is 3.61. The smallest absolute Gasteiger partial charge is 0.270 e. The van der Waals surface area contributed by atoms with E-state index in [1.807, 2.05) is 0 Å². The van der Waals surface area contributed by atoms with Gasteiger partial charge in [0.05, 0.1) is 4.92 Å². The van der Waals surface area contributed by atoms with Gasteiger partial charge in [0.2, 0.25) is 5.78 Å². The molecule has 1 N–H and O–H groups in total. The Bertz CT molecular complexity index is 400. The summed E-state index contributed by atoms with van der Waals surface area (Å²) < 4.78 is 0. The van der Waals surface area contributed by atoms with Gasteiger partial charge in [-0.15, -0.1) is 0 Å². The van der Waals surface area contributed by atoms with E-state index in [0.717, 1.165) is 6.07 Å². The van der Waals surface area contributed by atoms with E-state index in [-0.39, 0.29) is 11.3 Å². The van der Waals surface area contributed by atoms with Gasteiger partial charge in [0.1, 0.15) is 6.21 Å². The lowest BCUT2D eigenvalue weighted by Crippen LogP contribution is -2.00. The lowest BCUT2D eigenvalue weighted by Gasteiger charge is -1.94. The zero-order valence-electron chi connectivity index (χ0n) is 6.95. The van der Waals surface area contributed by atoms with E-state index in [9.17, 15) is 14.9 Å². The van der Waals surface area contributed by atoms with Crippen molar-refractivity contribution in [2.75, 3.05) is 0 Å². The number of ketones is 1. The second kappa shape index (κ2) is 4.13. The van der Waals surface area contributed by atoms with E-state index in [1.165, 1.54) is 18.2 Å². The number of carbonyl (C=O) groups is 1. The van der Waals surface area contributed by atoms with E-state index in [2.05, 4.69) is 5.16 Å². The van der Waals surface area contributed by atoms with Crippen LogP contribution in [0.1, 0.15) is 10.4 Å². The van der Waals surface area contributed by atoms with Crippen molar-refractivity contribution in [3.8, 4) is 0 Å². The van der Waals surface area contributed by atoms with Crippen LogP contribution in [0.2, 0.25) is 0 Å². The maximum Gasteiger partial charge on any atom is 0.270 e. The molecule has 0 radical (unpaired) electrons. The van der Waals surface area contributed by atoms with E-state index in [4.69, 9.17) is 5.21 Å². The summed E-state index contributed by atoms with van der Waals surface area (Å²) in [4.78, 5) is 20.8. The molecule has 14 heavy (non-hydrogen) atoms. The molecular weight excluding hydrogens is 188 g/mol. The first kappa shape index (κ1) is 9.85. The van der Waals surface area contributed by atoms with Gasteiger partial charge in [0.15, 0.2) is 0 Å². The van der Waals surface area contributed by atoms with Crippen LogP contribution in [0.25, 0.3) is 0 Å². The van der Waals surface area contributed by atoms with E-state index >= 15 is 0 Å². The highest BCUT2D eigenvalue weighted by Crippen LogP contribution is 2.12. The van der Waals surface area contributed by atoms with E-state index in [0.29, 0.717) is 6.21 Å². The largest absolute Gasteiger partial charge is 0.411 e. The molecule has 0 amide bonds. The summed E-state index contributed by atoms with van der Waals surface area (Å²) in [5.74, 6) is -0.587. The predicted molar refractivity (Wildman–Crippen MR) is 47.7 cm³/mol. The Morgan fingerprint density at radius 3 is 2.86 bits per heavy atom. The summed E-state index contributed by atoms with van der Waals surface area (Å²) in [5, 5.41) is 21.0. The number of nitro benzene ring substituents is 1. The third kappa shape index (κ3) is 2.13. The van der Waals surface area contributed by atoms with Gasteiger partial charge < -0.3 is 5.21 Å². The number of hydrogen-bond donors (Lipinski definition) is 1. The minimum Gasteiger partial charge on any atom is -0.411 e. The number of benzene rings is 1. The molecule has 0 fully saturated rings. The van der Waals surface area contributed by atoms with Gasteiger partial charge in [0.25, 0.3) is 5.69 Å². The van der Waals surface area contributed by atoms with E-state index in [1.54, 1.807) is 0 Å². The molecule has 0 saturated heterocycles. The molecule has 0 bridgehead atoms. The summed E-state index contributed by atoms with van der Waals surface area (Å²) in [7, 11) is 0. The highest BCUT2D eigenvalue weighted by Gasteiger charge is 2.09. The number of hydrogen-bond acceptors (Lipinski definition) is 5. The molecule has 0 spiro atoms. The van der Waals surface area contributed by atoms with Gasteiger partial charge in [-0.1, -0.05) is 17.3 Å². The fourth-order valence-electron chi connectivity index (χ4n) is 0.900. The lowest BCUT2D eigenvalue weighted by molar-refractivity contribution is -0.384. The normalized spacial score (nSPS) is 10.3. The average Bonchev–Trinajstić information content (AvgIpc) is 2.18. The Hall–Kier alpha value is -2.24. The van der Waals surface area contributed by atoms with Crippen LogP contribution in [0.5, 0.6) is 0 Å². The van der Waals surface area contributed by atoms with E-state index < -0.39 is 10.7 Å². The second-order valence-corrected chi connectivity index (χ2v) is 2.42. The third-order valence-corrected chi connectivity index (χ3v) is 1.52. The number of nitro groups is 1. The maximum atomic E-state index is 11.1. The van der Waals surface area contributed by atoms with Gasteiger partial charge in [0, 0.05) is 17.7 Å². The van der Waals surface area contributed by atoms with Crippen LogP contribution in [0.15, 0.2) is 29.4 Å². The molecule has 0 saturated carbocycles. The molecule has 1 rings (SSSR count). The predicted octanol–water partition coefficient (Wildman–Crippen LogP) is 1.24. The zero-order valence-corrected chi connectivity index (χ0v) is 6.95. The van der Waals surface area contributed by atoms with Crippen molar-refractivity contribution in [1.82, 2.24) is 0 Å². The minimum absolute atomic E-state index is 0.108. The summed E-state index contributed by atoms with van der Waals surface area (Å²) >= 11 is 0. The molecule has 6 heteroatoms. The molecule has 0 aromatic heterocycles. The summed E-state index contributed by atoms with van der Waals surface area (Å²) in [6.45, 7) is 0. The Kier molecular flexibility index (Phi) is 2.90. The van der Waals surface area contributed by atoms with Crippen molar-refractivity contribution in [1.29, 1.82) is 0 Å². The molecule has 0 aliphatic heterocycles. The highest BCUT2D eigenvalue weighted by molar-refractivity contribution is 6.35. The highest BCUT2D eigenvalue weighted by atomic mass is 16.6. The number of rotatable bonds is 3.